The van der Waals surface area contributed by atoms with Crippen molar-refractivity contribution in [3.8, 4) is 16.9 Å². The van der Waals surface area contributed by atoms with Crippen molar-refractivity contribution in [2.24, 2.45) is 0 Å². The molecule has 3 rings (SSSR count). The highest BCUT2D eigenvalue weighted by atomic mass is 16.5. The number of rotatable bonds is 8. The average Bonchev–Trinajstić information content (AvgIpc) is 2.80. The molecule has 1 amide bonds. The lowest BCUT2D eigenvalue weighted by molar-refractivity contribution is -0.138. The van der Waals surface area contributed by atoms with Crippen LogP contribution < -0.4 is 21.5 Å². The van der Waals surface area contributed by atoms with E-state index in [0.717, 1.165) is 22.4 Å². The molecule has 7 nitrogen and oxygen atoms in total. The lowest BCUT2D eigenvalue weighted by Gasteiger charge is -2.09. The number of methoxy groups -OCH3 is 1. The summed E-state index contributed by atoms with van der Waals surface area (Å²) in [6.45, 7) is -0.0480. The van der Waals surface area contributed by atoms with Gasteiger partial charge in [-0.2, -0.15) is 0 Å². The van der Waals surface area contributed by atoms with E-state index in [4.69, 9.17) is 20.9 Å². The molecule has 0 bridgehead atoms. The van der Waals surface area contributed by atoms with E-state index in [9.17, 15) is 9.59 Å². The quantitative estimate of drug-likeness (QED) is 0.281. The summed E-state index contributed by atoms with van der Waals surface area (Å²) in [4.78, 5) is 23.9. The van der Waals surface area contributed by atoms with Crippen molar-refractivity contribution in [1.82, 2.24) is 0 Å². The third kappa shape index (κ3) is 6.37. The molecular weight excluding hydrogens is 406 g/mol. The molecule has 0 radical (unpaired) electrons. The van der Waals surface area contributed by atoms with Gasteiger partial charge < -0.3 is 26.3 Å². The number of amides is 1. The number of nitrogens with one attached hydrogen (secondary N) is 1. The van der Waals surface area contributed by atoms with Crippen LogP contribution in [0.5, 0.6) is 5.75 Å². The van der Waals surface area contributed by atoms with Gasteiger partial charge >= 0.3 is 5.97 Å². The van der Waals surface area contributed by atoms with E-state index in [-0.39, 0.29) is 18.9 Å². The molecule has 0 unspecified atom stereocenters. The number of hydrogen-bond acceptors (Lipinski definition) is 6. The molecule has 3 aromatic rings. The van der Waals surface area contributed by atoms with Crippen LogP contribution in [-0.4, -0.2) is 25.6 Å². The number of carbonyl (C=O) groups is 2. The lowest BCUT2D eigenvalue weighted by Crippen LogP contribution is -2.16. The number of esters is 1. The minimum atomic E-state index is -0.527. The minimum absolute atomic E-state index is 0.00434. The van der Waals surface area contributed by atoms with E-state index in [1.165, 1.54) is 6.08 Å². The second-order valence-corrected chi connectivity index (χ2v) is 7.00. The van der Waals surface area contributed by atoms with E-state index in [2.05, 4.69) is 5.32 Å². The van der Waals surface area contributed by atoms with E-state index < -0.39 is 5.97 Å². The Bertz CT molecular complexity index is 1110. The predicted molar refractivity (Wildman–Crippen MR) is 127 cm³/mol. The Morgan fingerprint density at radius 2 is 1.59 bits per heavy atom. The Morgan fingerprint density at radius 3 is 2.25 bits per heavy atom. The average molecular weight is 431 g/mol. The maximum absolute atomic E-state index is 12.0. The van der Waals surface area contributed by atoms with Gasteiger partial charge in [-0.3, -0.25) is 4.79 Å². The van der Waals surface area contributed by atoms with Gasteiger partial charge in [0, 0.05) is 11.8 Å². The third-order valence-electron chi connectivity index (χ3n) is 4.67. The number of nitrogens with two attached hydrogens (primary N) is 2. The SMILES string of the molecule is COc1ccc(-c2ccc(/C=C/C(=O)OCCC(=O)Nc3cc(N)ccc3N)cc2)cc1. The first-order valence-corrected chi connectivity index (χ1v) is 9.99. The zero-order chi connectivity index (χ0) is 22.9. The molecule has 0 saturated carbocycles. The number of hydrogen-bond donors (Lipinski definition) is 3. The standard InChI is InChI=1S/C25H25N3O4/c1-31-21-10-7-19(8-11-21)18-5-2-17(3-6-18)4-13-25(30)32-15-14-24(29)28-23-16-20(26)9-12-22(23)27/h2-13,16H,14-15,26-27H2,1H3,(H,28,29)/b13-4+. The van der Waals surface area contributed by atoms with E-state index in [0.29, 0.717) is 17.1 Å². The summed E-state index contributed by atoms with van der Waals surface area (Å²) >= 11 is 0. The van der Waals surface area contributed by atoms with E-state index in [1.54, 1.807) is 31.4 Å². The van der Waals surface area contributed by atoms with Crippen molar-refractivity contribution in [2.45, 2.75) is 6.42 Å². The summed E-state index contributed by atoms with van der Waals surface area (Å²) in [7, 11) is 1.63. The Balaban J connectivity index is 1.45. The topological polar surface area (TPSA) is 117 Å². The molecule has 7 heteroatoms. The molecule has 32 heavy (non-hydrogen) atoms. The number of carbonyl (C=O) groups excluding carboxylic acids is 2. The highest BCUT2D eigenvalue weighted by Crippen LogP contribution is 2.23. The van der Waals surface area contributed by atoms with Crippen molar-refractivity contribution in [1.29, 1.82) is 0 Å². The molecule has 0 atom stereocenters. The van der Waals surface area contributed by atoms with Crippen LogP contribution in [0.2, 0.25) is 0 Å². The first-order chi connectivity index (χ1) is 15.4. The molecular formula is C25H25N3O4. The Hall–Kier alpha value is -4.26. The van der Waals surface area contributed by atoms with Crippen LogP contribution >= 0.6 is 0 Å². The zero-order valence-electron chi connectivity index (χ0n) is 17.7. The van der Waals surface area contributed by atoms with Crippen LogP contribution in [0, 0.1) is 0 Å². The van der Waals surface area contributed by atoms with Gasteiger partial charge in [-0.05, 0) is 53.1 Å². The highest BCUT2D eigenvalue weighted by molar-refractivity contribution is 5.95. The summed E-state index contributed by atoms with van der Waals surface area (Å²) in [5.74, 6) is -0.0492. The number of ether oxygens (including phenoxy) is 2. The lowest BCUT2D eigenvalue weighted by atomic mass is 10.0. The molecule has 0 aliphatic rings. The fraction of sp³-hybridized carbons (Fsp3) is 0.120. The minimum Gasteiger partial charge on any atom is -0.497 e. The van der Waals surface area contributed by atoms with E-state index in [1.807, 2.05) is 48.5 Å². The Labute approximate surface area is 186 Å². The summed E-state index contributed by atoms with van der Waals surface area (Å²) in [5.41, 5.74) is 15.8. The van der Waals surface area contributed by atoms with Gasteiger partial charge in [0.05, 0.1) is 24.9 Å². The first-order valence-electron chi connectivity index (χ1n) is 9.99. The largest absolute Gasteiger partial charge is 0.497 e. The van der Waals surface area contributed by atoms with Gasteiger partial charge in [0.15, 0.2) is 0 Å². The fourth-order valence-electron chi connectivity index (χ4n) is 2.92. The highest BCUT2D eigenvalue weighted by Gasteiger charge is 2.07. The first kappa shape index (κ1) is 22.4. The van der Waals surface area contributed by atoms with Gasteiger partial charge in [-0.25, -0.2) is 4.79 Å². The summed E-state index contributed by atoms with van der Waals surface area (Å²) in [6, 6.07) is 20.4. The molecule has 0 saturated heterocycles. The number of anilines is 3. The maximum atomic E-state index is 12.0. The van der Waals surface area contributed by atoms with Crippen LogP contribution in [-0.2, 0) is 14.3 Å². The molecule has 0 aromatic heterocycles. The summed E-state index contributed by atoms with van der Waals surface area (Å²) < 4.78 is 10.3. The van der Waals surface area contributed by atoms with Crippen molar-refractivity contribution in [2.75, 3.05) is 30.5 Å². The monoisotopic (exact) mass is 431 g/mol. The predicted octanol–water partition coefficient (Wildman–Crippen LogP) is 4.11. The Kier molecular flexibility index (Phi) is 7.48. The van der Waals surface area contributed by atoms with Gasteiger partial charge in [-0.1, -0.05) is 36.4 Å². The van der Waals surface area contributed by atoms with Crippen molar-refractivity contribution < 1.29 is 19.1 Å². The van der Waals surface area contributed by atoms with Crippen molar-refractivity contribution >= 4 is 35.0 Å². The number of benzene rings is 3. The molecule has 5 N–H and O–H groups in total. The van der Waals surface area contributed by atoms with Gasteiger partial charge in [0.25, 0.3) is 0 Å². The summed E-state index contributed by atoms with van der Waals surface area (Å²) in [6.07, 6.45) is 2.99. The van der Waals surface area contributed by atoms with E-state index >= 15 is 0 Å². The molecule has 0 aliphatic heterocycles. The molecule has 164 valence electrons. The molecule has 0 heterocycles. The van der Waals surface area contributed by atoms with Gasteiger partial charge in [0.2, 0.25) is 5.91 Å². The third-order valence-corrected chi connectivity index (χ3v) is 4.67. The normalized spacial score (nSPS) is 10.7. The summed E-state index contributed by atoms with van der Waals surface area (Å²) in [5, 5.41) is 2.65. The van der Waals surface area contributed by atoms with Gasteiger partial charge in [-0.15, -0.1) is 0 Å². The van der Waals surface area contributed by atoms with Crippen molar-refractivity contribution in [3.63, 3.8) is 0 Å². The Morgan fingerprint density at radius 1 is 0.938 bits per heavy atom. The number of nitrogen functional groups attached to an aromatic ring is 2. The van der Waals surface area contributed by atoms with Gasteiger partial charge in [0.1, 0.15) is 12.4 Å². The second-order valence-electron chi connectivity index (χ2n) is 7.00. The fourth-order valence-corrected chi connectivity index (χ4v) is 2.92. The molecule has 3 aromatic carbocycles. The van der Waals surface area contributed by atoms with Crippen LogP contribution in [0.15, 0.2) is 72.8 Å². The van der Waals surface area contributed by atoms with Crippen LogP contribution in [0.1, 0.15) is 12.0 Å². The molecule has 0 aliphatic carbocycles. The van der Waals surface area contributed by atoms with Crippen LogP contribution in [0.4, 0.5) is 17.1 Å². The maximum Gasteiger partial charge on any atom is 0.330 e. The smallest absolute Gasteiger partial charge is 0.330 e. The molecule has 0 fully saturated rings. The molecule has 0 spiro atoms. The second kappa shape index (κ2) is 10.7. The van der Waals surface area contributed by atoms with Crippen molar-refractivity contribution in [3.05, 3.63) is 78.4 Å². The van der Waals surface area contributed by atoms with Crippen LogP contribution in [0.3, 0.4) is 0 Å². The zero-order valence-corrected chi connectivity index (χ0v) is 17.7. The van der Waals surface area contributed by atoms with Crippen LogP contribution in [0.25, 0.3) is 17.2 Å².